The molecule has 0 fully saturated rings. The first-order chi connectivity index (χ1) is 19.7. The van der Waals surface area contributed by atoms with Crippen LogP contribution in [0, 0.1) is 12.7 Å². The van der Waals surface area contributed by atoms with E-state index in [0.29, 0.717) is 52.9 Å². The predicted molar refractivity (Wildman–Crippen MR) is 150 cm³/mol. The van der Waals surface area contributed by atoms with Crippen molar-refractivity contribution in [3.8, 4) is 11.4 Å². The third-order valence-electron chi connectivity index (χ3n) is 8.84. The number of nitrogens with zero attached hydrogens (tertiary/aromatic N) is 2. The van der Waals surface area contributed by atoms with Gasteiger partial charge in [0.05, 0.1) is 47.6 Å². The van der Waals surface area contributed by atoms with E-state index in [1.54, 1.807) is 11.5 Å². The van der Waals surface area contributed by atoms with Crippen LogP contribution in [-0.2, 0) is 29.1 Å². The summed E-state index contributed by atoms with van der Waals surface area (Å²) in [7, 11) is 0. The zero-order valence-corrected chi connectivity index (χ0v) is 22.5. The summed E-state index contributed by atoms with van der Waals surface area (Å²) in [5.74, 6) is -1.29. The minimum Gasteiger partial charge on any atom is -0.460 e. The fourth-order valence-electron chi connectivity index (χ4n) is 6.77. The van der Waals surface area contributed by atoms with Gasteiger partial charge in [-0.2, -0.15) is 0 Å². The molecule has 2 aliphatic heterocycles. The Morgan fingerprint density at radius 3 is 2.66 bits per heavy atom. The number of hydrogen-bond donors (Lipinski definition) is 3. The summed E-state index contributed by atoms with van der Waals surface area (Å²) >= 11 is 0. The first-order valence-electron chi connectivity index (χ1n) is 13.8. The van der Waals surface area contributed by atoms with E-state index in [1.807, 2.05) is 13.0 Å². The summed E-state index contributed by atoms with van der Waals surface area (Å²) in [4.78, 5) is 55.9. The lowest BCUT2D eigenvalue weighted by Gasteiger charge is -2.31. The second-order valence-corrected chi connectivity index (χ2v) is 10.9. The molecule has 0 bridgehead atoms. The van der Waals surface area contributed by atoms with Crippen molar-refractivity contribution in [2.24, 2.45) is 0 Å². The normalized spacial score (nSPS) is 18.7. The van der Waals surface area contributed by atoms with E-state index >= 15 is 4.39 Å². The van der Waals surface area contributed by atoms with Gasteiger partial charge in [-0.15, -0.1) is 0 Å². The van der Waals surface area contributed by atoms with Crippen LogP contribution in [0.3, 0.4) is 0 Å². The molecule has 3 N–H and O–H groups in total. The predicted octanol–water partition coefficient (Wildman–Crippen LogP) is 2.52. The molecule has 2 aromatic heterocycles. The van der Waals surface area contributed by atoms with Crippen molar-refractivity contribution >= 4 is 28.2 Å². The van der Waals surface area contributed by atoms with Crippen molar-refractivity contribution in [2.75, 3.05) is 23.8 Å². The number of rotatable bonds is 6. The van der Waals surface area contributed by atoms with Gasteiger partial charge in [-0.1, -0.05) is 6.92 Å². The van der Waals surface area contributed by atoms with Gasteiger partial charge >= 0.3 is 5.97 Å². The van der Waals surface area contributed by atoms with Crippen molar-refractivity contribution < 1.29 is 19.0 Å². The number of aliphatic hydroxyl groups excluding tert-OH is 1. The average Bonchev–Trinajstić information content (AvgIpc) is 3.34. The lowest BCUT2D eigenvalue weighted by molar-refractivity contribution is -0.148. The van der Waals surface area contributed by atoms with Crippen LogP contribution >= 0.6 is 0 Å². The van der Waals surface area contributed by atoms with Crippen molar-refractivity contribution in [1.29, 1.82) is 0 Å². The second-order valence-electron chi connectivity index (χ2n) is 10.9. The first kappa shape index (κ1) is 25.6. The number of ether oxygens (including phenoxy) is 1. The Morgan fingerprint density at radius 1 is 1.12 bits per heavy atom. The smallest absolute Gasteiger partial charge is 0.313 e. The van der Waals surface area contributed by atoms with Gasteiger partial charge in [-0.25, -0.2) is 9.37 Å². The lowest BCUT2D eigenvalue weighted by Crippen LogP contribution is -2.39. The SMILES string of the molecule is CCC1C(=O)OCc2c1cc1n(c2=O)Cc2c-1nc1cc(F)c(C)c3c1c2C(Nc1c(NCCO)c(=O)c1=O)CC3. The summed E-state index contributed by atoms with van der Waals surface area (Å²) in [5, 5.41) is 16.1. The van der Waals surface area contributed by atoms with Gasteiger partial charge in [0.15, 0.2) is 0 Å². The molecule has 41 heavy (non-hydrogen) atoms. The van der Waals surface area contributed by atoms with Crippen LogP contribution in [-0.4, -0.2) is 33.8 Å². The highest BCUT2D eigenvalue weighted by Gasteiger charge is 2.38. The van der Waals surface area contributed by atoms with Crippen LogP contribution in [0.1, 0.15) is 65.1 Å². The molecule has 7 rings (SSSR count). The number of halogens is 1. The highest BCUT2D eigenvalue weighted by molar-refractivity contribution is 5.93. The van der Waals surface area contributed by atoms with Gasteiger partial charge in [0.1, 0.15) is 23.8 Å². The molecule has 0 saturated heterocycles. The number of nitrogens with one attached hydrogen (secondary N) is 2. The summed E-state index contributed by atoms with van der Waals surface area (Å²) < 4.78 is 22.0. The zero-order valence-electron chi connectivity index (χ0n) is 22.5. The quantitative estimate of drug-likeness (QED) is 0.212. The maximum Gasteiger partial charge on any atom is 0.313 e. The number of carbonyl (C=O) groups excluding carboxylic acids is 1. The van der Waals surface area contributed by atoms with Crippen LogP contribution < -0.4 is 27.1 Å². The first-order valence-corrected chi connectivity index (χ1v) is 13.8. The van der Waals surface area contributed by atoms with Gasteiger partial charge in [-0.05, 0) is 54.5 Å². The van der Waals surface area contributed by atoms with Crippen LogP contribution in [0.2, 0.25) is 0 Å². The Hall–Kier alpha value is -4.38. The van der Waals surface area contributed by atoms with Crippen molar-refractivity contribution in [3.63, 3.8) is 0 Å². The molecule has 0 spiro atoms. The molecule has 11 heteroatoms. The van der Waals surface area contributed by atoms with Gasteiger partial charge < -0.3 is 25.0 Å². The summed E-state index contributed by atoms with van der Waals surface area (Å²) in [6, 6.07) is 2.82. The summed E-state index contributed by atoms with van der Waals surface area (Å²) in [5.41, 5.74) is 4.33. The highest BCUT2D eigenvalue weighted by Crippen LogP contribution is 2.46. The monoisotopic (exact) mass is 558 g/mol. The number of esters is 1. The average molecular weight is 559 g/mol. The number of fused-ring (bicyclic) bond motifs is 5. The largest absolute Gasteiger partial charge is 0.460 e. The van der Waals surface area contributed by atoms with E-state index in [-0.39, 0.29) is 55.0 Å². The molecule has 3 aliphatic rings. The summed E-state index contributed by atoms with van der Waals surface area (Å²) in [6.45, 7) is 3.64. The van der Waals surface area contributed by atoms with Crippen LogP contribution in [0.5, 0.6) is 0 Å². The Morgan fingerprint density at radius 2 is 1.90 bits per heavy atom. The van der Waals surface area contributed by atoms with Crippen molar-refractivity contribution in [1.82, 2.24) is 9.55 Å². The number of aliphatic hydroxyl groups is 1. The minimum atomic E-state index is -0.646. The third kappa shape index (κ3) is 3.48. The number of aromatic nitrogens is 2. The molecule has 2 aromatic carbocycles. The lowest BCUT2D eigenvalue weighted by atomic mass is 9.81. The van der Waals surface area contributed by atoms with E-state index < -0.39 is 22.8 Å². The maximum atomic E-state index is 15.1. The molecule has 210 valence electrons. The van der Waals surface area contributed by atoms with Crippen LogP contribution in [0.25, 0.3) is 22.3 Å². The fraction of sp³-hybridized carbons (Fsp3) is 0.367. The number of pyridine rings is 2. The zero-order chi connectivity index (χ0) is 28.7. The second kappa shape index (κ2) is 9.07. The number of aryl methyl sites for hydroxylation is 1. The number of anilines is 2. The Labute approximate surface area is 232 Å². The van der Waals surface area contributed by atoms with Gasteiger partial charge in [-0.3, -0.25) is 19.2 Å². The molecule has 0 radical (unpaired) electrons. The molecule has 4 heterocycles. The van der Waals surface area contributed by atoms with E-state index in [1.165, 1.54) is 6.07 Å². The molecular weight excluding hydrogens is 531 g/mol. The molecule has 10 nitrogen and oxygen atoms in total. The minimum absolute atomic E-state index is 0.0883. The third-order valence-corrected chi connectivity index (χ3v) is 8.84. The number of cyclic esters (lactones) is 1. The fourth-order valence-corrected chi connectivity index (χ4v) is 6.77. The van der Waals surface area contributed by atoms with Crippen LogP contribution in [0.4, 0.5) is 15.8 Å². The highest BCUT2D eigenvalue weighted by atomic mass is 19.1. The topological polar surface area (TPSA) is 140 Å². The molecule has 2 atom stereocenters. The summed E-state index contributed by atoms with van der Waals surface area (Å²) in [6.07, 6.45) is 1.52. The Kier molecular flexibility index (Phi) is 5.66. The van der Waals surface area contributed by atoms with E-state index in [9.17, 15) is 24.3 Å². The van der Waals surface area contributed by atoms with Gasteiger partial charge in [0, 0.05) is 23.6 Å². The van der Waals surface area contributed by atoms with E-state index in [4.69, 9.17) is 9.72 Å². The van der Waals surface area contributed by atoms with Crippen molar-refractivity contribution in [3.05, 3.63) is 82.1 Å². The molecule has 2 unspecified atom stereocenters. The maximum absolute atomic E-state index is 15.1. The number of benzene rings is 1. The Bertz CT molecular complexity index is 1950. The molecule has 0 amide bonds. The van der Waals surface area contributed by atoms with Gasteiger partial charge in [0.25, 0.3) is 16.4 Å². The van der Waals surface area contributed by atoms with E-state index in [0.717, 1.165) is 22.1 Å². The molecule has 1 aliphatic carbocycles. The number of carbonyl (C=O) groups is 1. The molecule has 4 aromatic rings. The molecular formula is C30H27FN4O6. The van der Waals surface area contributed by atoms with Crippen molar-refractivity contribution in [2.45, 2.75) is 58.2 Å². The van der Waals surface area contributed by atoms with Gasteiger partial charge in [0.2, 0.25) is 0 Å². The standard InChI is InChI=1S/C30H27FN4O6/c1-3-13-15-8-21-24-16(10-35(21)29(39)17(15)11-41-30(13)40)23-19(33-26-25(32-6-7-36)27(37)28(26)38)5-4-14-12(2)18(31)9-20(34-24)22(14)23/h8-9,13,19,32-33,36H,3-7,10-11H2,1-2H3. The van der Waals surface area contributed by atoms with Crippen LogP contribution in [0.15, 0.2) is 26.5 Å². The van der Waals surface area contributed by atoms with E-state index in [2.05, 4.69) is 10.6 Å². The molecule has 0 saturated carbocycles. The number of hydrogen-bond acceptors (Lipinski definition) is 9. The Balaban J connectivity index is 1.45.